The number of carbonyl (C=O) groups excluding carboxylic acids is 1. The standard InChI is InChI=1S/C10H9FN2O/c11-6-3-1-2-5-8(6)13-9(14)10(5)4-7(10)12/h1-3,7H,4,12H2,(H,13,14). The van der Waals surface area contributed by atoms with Gasteiger partial charge in [-0.1, -0.05) is 12.1 Å². The van der Waals surface area contributed by atoms with Crippen LogP contribution in [0.3, 0.4) is 0 Å². The summed E-state index contributed by atoms with van der Waals surface area (Å²) in [5.41, 5.74) is 6.14. The highest BCUT2D eigenvalue weighted by molar-refractivity contribution is 6.09. The largest absolute Gasteiger partial charge is 0.326 e. The number of fused-ring (bicyclic) bond motifs is 2. The molecular formula is C10H9FN2O. The summed E-state index contributed by atoms with van der Waals surface area (Å²) in [6.45, 7) is 0. The number of hydrogen-bond donors (Lipinski definition) is 2. The minimum atomic E-state index is -0.628. The average molecular weight is 192 g/mol. The molecule has 0 bridgehead atoms. The maximum Gasteiger partial charge on any atom is 0.236 e. The highest BCUT2D eigenvalue weighted by Gasteiger charge is 2.63. The van der Waals surface area contributed by atoms with Crippen molar-refractivity contribution >= 4 is 11.6 Å². The van der Waals surface area contributed by atoms with Gasteiger partial charge in [0.15, 0.2) is 0 Å². The lowest BCUT2D eigenvalue weighted by Crippen LogP contribution is -2.26. The number of halogens is 1. The predicted molar refractivity (Wildman–Crippen MR) is 49.3 cm³/mol. The molecule has 3 rings (SSSR count). The van der Waals surface area contributed by atoms with Gasteiger partial charge in [-0.05, 0) is 18.1 Å². The second-order valence-electron chi connectivity index (χ2n) is 3.90. The Morgan fingerprint density at radius 1 is 1.57 bits per heavy atom. The van der Waals surface area contributed by atoms with Gasteiger partial charge in [-0.3, -0.25) is 4.79 Å². The van der Waals surface area contributed by atoms with Crippen molar-refractivity contribution in [2.75, 3.05) is 5.32 Å². The van der Waals surface area contributed by atoms with Crippen molar-refractivity contribution in [1.82, 2.24) is 0 Å². The molecule has 1 fully saturated rings. The van der Waals surface area contributed by atoms with Gasteiger partial charge in [0.2, 0.25) is 5.91 Å². The number of carbonyl (C=O) groups is 1. The Balaban J connectivity index is 2.24. The predicted octanol–water partition coefficient (Wildman–Crippen LogP) is 0.747. The highest BCUT2D eigenvalue weighted by Crippen LogP contribution is 2.54. The lowest BCUT2D eigenvalue weighted by Gasteiger charge is -2.04. The molecule has 1 aromatic rings. The molecule has 14 heavy (non-hydrogen) atoms. The molecule has 2 atom stereocenters. The molecule has 3 nitrogen and oxygen atoms in total. The summed E-state index contributed by atoms with van der Waals surface area (Å²) in [6.07, 6.45) is 0.620. The van der Waals surface area contributed by atoms with Gasteiger partial charge >= 0.3 is 0 Å². The van der Waals surface area contributed by atoms with Crippen LogP contribution in [0.5, 0.6) is 0 Å². The van der Waals surface area contributed by atoms with E-state index in [0.717, 1.165) is 5.56 Å². The lowest BCUT2D eigenvalue weighted by atomic mass is 9.97. The Kier molecular flexibility index (Phi) is 1.22. The van der Waals surface area contributed by atoms with Crippen molar-refractivity contribution < 1.29 is 9.18 Å². The molecule has 0 radical (unpaired) electrons. The molecule has 1 heterocycles. The summed E-state index contributed by atoms with van der Waals surface area (Å²) >= 11 is 0. The van der Waals surface area contributed by atoms with Crippen LogP contribution in [0.15, 0.2) is 18.2 Å². The van der Waals surface area contributed by atoms with Crippen LogP contribution >= 0.6 is 0 Å². The van der Waals surface area contributed by atoms with Crippen LogP contribution in [0.1, 0.15) is 12.0 Å². The van der Waals surface area contributed by atoms with Crippen LogP contribution in [-0.2, 0) is 10.2 Å². The first-order valence-electron chi connectivity index (χ1n) is 4.52. The smallest absolute Gasteiger partial charge is 0.236 e. The summed E-state index contributed by atoms with van der Waals surface area (Å²) in [7, 11) is 0. The van der Waals surface area contributed by atoms with E-state index >= 15 is 0 Å². The van der Waals surface area contributed by atoms with Gasteiger partial charge in [-0.2, -0.15) is 0 Å². The number of anilines is 1. The fraction of sp³-hybridized carbons (Fsp3) is 0.300. The molecule has 1 aromatic carbocycles. The summed E-state index contributed by atoms with van der Waals surface area (Å²) in [6, 6.07) is 4.56. The van der Waals surface area contributed by atoms with E-state index in [1.54, 1.807) is 12.1 Å². The maximum atomic E-state index is 13.3. The lowest BCUT2D eigenvalue weighted by molar-refractivity contribution is -0.118. The maximum absolute atomic E-state index is 13.3. The van der Waals surface area contributed by atoms with Crippen molar-refractivity contribution in [1.29, 1.82) is 0 Å². The number of para-hydroxylation sites is 1. The minimum Gasteiger partial charge on any atom is -0.326 e. The molecule has 1 spiro atoms. The Labute approximate surface area is 80.1 Å². The second-order valence-corrected chi connectivity index (χ2v) is 3.90. The molecule has 1 amide bonds. The zero-order valence-electron chi connectivity index (χ0n) is 7.38. The van der Waals surface area contributed by atoms with Crippen LogP contribution in [0.4, 0.5) is 10.1 Å². The number of nitrogens with one attached hydrogen (secondary N) is 1. The van der Waals surface area contributed by atoms with E-state index < -0.39 is 5.41 Å². The van der Waals surface area contributed by atoms with E-state index in [-0.39, 0.29) is 17.8 Å². The molecule has 3 N–H and O–H groups in total. The first kappa shape index (κ1) is 7.94. The number of nitrogens with two attached hydrogens (primary N) is 1. The van der Waals surface area contributed by atoms with Crippen LogP contribution in [-0.4, -0.2) is 11.9 Å². The normalized spacial score (nSPS) is 33.0. The summed E-state index contributed by atoms with van der Waals surface area (Å²) in [5, 5.41) is 2.55. The topological polar surface area (TPSA) is 55.1 Å². The summed E-state index contributed by atoms with van der Waals surface area (Å²) < 4.78 is 13.3. The quantitative estimate of drug-likeness (QED) is 0.637. The second kappa shape index (κ2) is 2.15. The van der Waals surface area contributed by atoms with Gasteiger partial charge < -0.3 is 11.1 Å². The van der Waals surface area contributed by atoms with E-state index in [1.165, 1.54) is 6.07 Å². The molecule has 1 aliphatic carbocycles. The van der Waals surface area contributed by atoms with Gasteiger partial charge in [0.1, 0.15) is 5.82 Å². The number of benzene rings is 1. The fourth-order valence-electron chi connectivity index (χ4n) is 2.23. The van der Waals surface area contributed by atoms with Gasteiger partial charge in [0, 0.05) is 6.04 Å². The van der Waals surface area contributed by atoms with Crippen molar-refractivity contribution in [2.24, 2.45) is 5.73 Å². The number of hydrogen-bond acceptors (Lipinski definition) is 2. The molecule has 1 aliphatic heterocycles. The molecule has 0 saturated heterocycles. The molecule has 2 aliphatic rings. The monoisotopic (exact) mass is 192 g/mol. The van der Waals surface area contributed by atoms with E-state index in [9.17, 15) is 9.18 Å². The zero-order valence-corrected chi connectivity index (χ0v) is 7.38. The van der Waals surface area contributed by atoms with E-state index in [1.807, 2.05) is 0 Å². The van der Waals surface area contributed by atoms with Gasteiger partial charge in [0.25, 0.3) is 0 Å². The molecule has 72 valence electrons. The Morgan fingerprint density at radius 2 is 2.29 bits per heavy atom. The Hall–Kier alpha value is -1.42. The van der Waals surface area contributed by atoms with Crippen LogP contribution < -0.4 is 11.1 Å². The van der Waals surface area contributed by atoms with Gasteiger partial charge in [-0.15, -0.1) is 0 Å². The highest BCUT2D eigenvalue weighted by atomic mass is 19.1. The molecule has 4 heteroatoms. The molecule has 1 saturated carbocycles. The molecule has 2 unspecified atom stereocenters. The van der Waals surface area contributed by atoms with E-state index in [2.05, 4.69) is 5.32 Å². The average Bonchev–Trinajstić information content (AvgIpc) is 2.73. The first-order valence-corrected chi connectivity index (χ1v) is 4.52. The van der Waals surface area contributed by atoms with E-state index in [0.29, 0.717) is 12.1 Å². The fourth-order valence-corrected chi connectivity index (χ4v) is 2.23. The van der Waals surface area contributed by atoms with Gasteiger partial charge in [-0.25, -0.2) is 4.39 Å². The Morgan fingerprint density at radius 3 is 2.93 bits per heavy atom. The number of amides is 1. The van der Waals surface area contributed by atoms with Crippen molar-refractivity contribution in [3.05, 3.63) is 29.6 Å². The SMILES string of the molecule is NC1CC12C(=O)Nc1c(F)cccc12. The van der Waals surface area contributed by atoms with Crippen molar-refractivity contribution in [2.45, 2.75) is 17.9 Å². The number of rotatable bonds is 0. The third-order valence-corrected chi connectivity index (χ3v) is 3.15. The van der Waals surface area contributed by atoms with Crippen LogP contribution in [0.25, 0.3) is 0 Å². The molecule has 0 aromatic heterocycles. The Bertz CT molecular complexity index is 446. The summed E-state index contributed by atoms with van der Waals surface area (Å²) in [4.78, 5) is 11.6. The van der Waals surface area contributed by atoms with E-state index in [4.69, 9.17) is 5.73 Å². The molecular weight excluding hydrogens is 183 g/mol. The van der Waals surface area contributed by atoms with Crippen molar-refractivity contribution in [3.8, 4) is 0 Å². The minimum absolute atomic E-state index is 0.162. The zero-order chi connectivity index (χ0) is 9.92. The third-order valence-electron chi connectivity index (χ3n) is 3.15. The van der Waals surface area contributed by atoms with Crippen LogP contribution in [0.2, 0.25) is 0 Å². The third kappa shape index (κ3) is 0.688. The van der Waals surface area contributed by atoms with Crippen LogP contribution in [0, 0.1) is 5.82 Å². The first-order chi connectivity index (χ1) is 6.66. The van der Waals surface area contributed by atoms with Crippen molar-refractivity contribution in [3.63, 3.8) is 0 Å². The summed E-state index contributed by atoms with van der Waals surface area (Å²) in [5.74, 6) is -0.545. The van der Waals surface area contributed by atoms with Gasteiger partial charge in [0.05, 0.1) is 11.1 Å².